The first-order valence-electron chi connectivity index (χ1n) is 1.61. The normalized spacial score (nSPS) is 8.33. The summed E-state index contributed by atoms with van der Waals surface area (Å²) in [4.78, 5) is 0. The fourth-order valence-corrected chi connectivity index (χ4v) is 0.0962. The molecule has 0 atom stereocenters. The SMILES string of the molecule is C/C=C/C[O-].[Li+]. The van der Waals surface area contributed by atoms with Gasteiger partial charge in [0, 0.05) is 0 Å². The van der Waals surface area contributed by atoms with E-state index in [1.54, 1.807) is 12.2 Å². The molecule has 0 amide bonds. The van der Waals surface area contributed by atoms with Crippen molar-refractivity contribution in [2.75, 3.05) is 6.61 Å². The van der Waals surface area contributed by atoms with E-state index in [2.05, 4.69) is 0 Å². The Bertz CT molecular complexity index is 34.5. The van der Waals surface area contributed by atoms with E-state index >= 15 is 0 Å². The van der Waals surface area contributed by atoms with Crippen LogP contribution in [0.4, 0.5) is 0 Å². The second kappa shape index (κ2) is 9.00. The maximum Gasteiger partial charge on any atom is 1.00 e. The van der Waals surface area contributed by atoms with E-state index in [0.717, 1.165) is 0 Å². The minimum atomic E-state index is -0.0868. The van der Waals surface area contributed by atoms with Crippen LogP contribution >= 0.6 is 0 Å². The van der Waals surface area contributed by atoms with Crippen LogP contribution in [-0.4, -0.2) is 6.61 Å². The average molecular weight is 78.0 g/mol. The van der Waals surface area contributed by atoms with Gasteiger partial charge in [0.2, 0.25) is 0 Å². The van der Waals surface area contributed by atoms with Crippen molar-refractivity contribution in [2.45, 2.75) is 6.92 Å². The van der Waals surface area contributed by atoms with Gasteiger partial charge >= 0.3 is 18.9 Å². The molecule has 0 aliphatic heterocycles. The van der Waals surface area contributed by atoms with Gasteiger partial charge < -0.3 is 5.11 Å². The van der Waals surface area contributed by atoms with Crippen LogP contribution in [0.3, 0.4) is 0 Å². The molecule has 0 saturated carbocycles. The Balaban J connectivity index is 0. The van der Waals surface area contributed by atoms with E-state index in [-0.39, 0.29) is 25.5 Å². The molecule has 0 aliphatic carbocycles. The van der Waals surface area contributed by atoms with Gasteiger partial charge in [-0.1, -0.05) is 6.08 Å². The summed E-state index contributed by atoms with van der Waals surface area (Å²) in [5, 5.41) is 9.44. The number of hydrogen-bond acceptors (Lipinski definition) is 1. The summed E-state index contributed by atoms with van der Waals surface area (Å²) in [5.41, 5.74) is 0. The molecule has 0 N–H and O–H groups in total. The number of hydrogen-bond donors (Lipinski definition) is 0. The van der Waals surface area contributed by atoms with Gasteiger partial charge in [0.1, 0.15) is 0 Å². The molecule has 0 heterocycles. The van der Waals surface area contributed by atoms with Crippen LogP contribution in [0.5, 0.6) is 0 Å². The van der Waals surface area contributed by atoms with Crippen LogP contribution < -0.4 is 24.0 Å². The van der Waals surface area contributed by atoms with Gasteiger partial charge in [-0.25, -0.2) is 0 Å². The maximum absolute atomic E-state index is 9.44. The zero-order valence-electron chi connectivity index (χ0n) is 4.27. The van der Waals surface area contributed by atoms with Gasteiger partial charge in [0.25, 0.3) is 0 Å². The molecule has 30 valence electrons. The molecule has 0 unspecified atom stereocenters. The van der Waals surface area contributed by atoms with Crippen LogP contribution in [0, 0.1) is 0 Å². The summed E-state index contributed by atoms with van der Waals surface area (Å²) < 4.78 is 0. The average Bonchev–Trinajstić information content (AvgIpc) is 1.41. The summed E-state index contributed by atoms with van der Waals surface area (Å²) >= 11 is 0. The van der Waals surface area contributed by atoms with Gasteiger partial charge in [-0.05, 0) is 6.92 Å². The van der Waals surface area contributed by atoms with Crippen LogP contribution in [0.25, 0.3) is 0 Å². The molecule has 0 aromatic carbocycles. The molecule has 0 aliphatic rings. The van der Waals surface area contributed by atoms with E-state index in [1.165, 1.54) is 0 Å². The van der Waals surface area contributed by atoms with Crippen molar-refractivity contribution in [3.05, 3.63) is 12.2 Å². The van der Waals surface area contributed by atoms with Crippen LogP contribution in [0.1, 0.15) is 6.92 Å². The fourth-order valence-electron chi connectivity index (χ4n) is 0.0962. The Morgan fingerprint density at radius 2 is 2.17 bits per heavy atom. The van der Waals surface area contributed by atoms with E-state index < -0.39 is 0 Å². The Kier molecular flexibility index (Phi) is 14.4. The summed E-state index contributed by atoms with van der Waals surface area (Å²) in [6.07, 6.45) is 3.31. The van der Waals surface area contributed by atoms with E-state index in [4.69, 9.17) is 0 Å². The zero-order valence-corrected chi connectivity index (χ0v) is 4.27. The number of allylic oxidation sites excluding steroid dienone is 1. The van der Waals surface area contributed by atoms with Gasteiger partial charge in [-0.2, -0.15) is 0 Å². The third kappa shape index (κ3) is 8.85. The van der Waals surface area contributed by atoms with Crippen LogP contribution in [0.2, 0.25) is 0 Å². The summed E-state index contributed by atoms with van der Waals surface area (Å²) in [6.45, 7) is 1.74. The molecule has 0 aromatic rings. The van der Waals surface area contributed by atoms with Crippen LogP contribution in [-0.2, 0) is 0 Å². The molecule has 6 heavy (non-hydrogen) atoms. The first-order chi connectivity index (χ1) is 2.41. The van der Waals surface area contributed by atoms with Gasteiger partial charge in [0.15, 0.2) is 0 Å². The molecular formula is C4H7LiO. The third-order valence-electron chi connectivity index (χ3n) is 0.332. The standard InChI is InChI=1S/C4H7O.Li/c1-2-3-4-5;/h2-3H,4H2,1H3;/q-1;+1/b3-2+;. The topological polar surface area (TPSA) is 23.1 Å². The van der Waals surface area contributed by atoms with Gasteiger partial charge in [-0.15, -0.1) is 12.7 Å². The zero-order chi connectivity index (χ0) is 4.12. The second-order valence-electron chi connectivity index (χ2n) is 0.736. The molecule has 2 heteroatoms. The Labute approximate surface area is 50.2 Å². The molecule has 0 rings (SSSR count). The third-order valence-corrected chi connectivity index (χ3v) is 0.332. The largest absolute Gasteiger partial charge is 1.00 e. The monoisotopic (exact) mass is 78.1 g/mol. The van der Waals surface area contributed by atoms with Gasteiger partial charge in [-0.3, -0.25) is 0 Å². The minimum absolute atomic E-state index is 0. The first-order valence-corrected chi connectivity index (χ1v) is 1.61. The summed E-state index contributed by atoms with van der Waals surface area (Å²) in [5.74, 6) is 0. The molecule has 0 spiro atoms. The van der Waals surface area contributed by atoms with Crippen molar-refractivity contribution in [1.82, 2.24) is 0 Å². The molecule has 0 bridgehead atoms. The van der Waals surface area contributed by atoms with E-state index in [1.807, 2.05) is 6.92 Å². The Morgan fingerprint density at radius 3 is 2.17 bits per heavy atom. The maximum atomic E-state index is 9.44. The molecule has 0 aromatic heterocycles. The van der Waals surface area contributed by atoms with Crippen molar-refractivity contribution in [2.24, 2.45) is 0 Å². The number of rotatable bonds is 1. The minimum Gasteiger partial charge on any atom is -0.851 e. The Hall–Kier alpha value is 0.297. The predicted octanol–water partition coefficient (Wildman–Crippen LogP) is -3.07. The van der Waals surface area contributed by atoms with Crippen molar-refractivity contribution < 1.29 is 24.0 Å². The van der Waals surface area contributed by atoms with Crippen molar-refractivity contribution in [1.29, 1.82) is 0 Å². The predicted molar refractivity (Wildman–Crippen MR) is 19.7 cm³/mol. The second-order valence-corrected chi connectivity index (χ2v) is 0.736. The molecule has 0 radical (unpaired) electrons. The van der Waals surface area contributed by atoms with E-state index in [9.17, 15) is 5.11 Å². The van der Waals surface area contributed by atoms with Gasteiger partial charge in [0.05, 0.1) is 0 Å². The molecule has 0 fully saturated rings. The molecule has 0 saturated heterocycles. The smallest absolute Gasteiger partial charge is 0.851 e. The molecular weight excluding hydrogens is 71.0 g/mol. The molecule has 1 nitrogen and oxygen atoms in total. The van der Waals surface area contributed by atoms with Crippen LogP contribution in [0.15, 0.2) is 12.2 Å². The van der Waals surface area contributed by atoms with Crippen molar-refractivity contribution >= 4 is 0 Å². The summed E-state index contributed by atoms with van der Waals surface area (Å²) in [7, 11) is 0. The van der Waals surface area contributed by atoms with Crippen molar-refractivity contribution in [3.63, 3.8) is 0 Å². The fraction of sp³-hybridized carbons (Fsp3) is 0.500. The first kappa shape index (κ1) is 9.57. The quantitative estimate of drug-likeness (QED) is 0.241. The summed E-state index contributed by atoms with van der Waals surface area (Å²) in [6, 6.07) is 0. The Morgan fingerprint density at radius 1 is 1.67 bits per heavy atom. The van der Waals surface area contributed by atoms with E-state index in [0.29, 0.717) is 0 Å². The van der Waals surface area contributed by atoms with Crippen molar-refractivity contribution in [3.8, 4) is 0 Å².